The van der Waals surface area contributed by atoms with E-state index in [9.17, 15) is 13.2 Å². The van der Waals surface area contributed by atoms with Gasteiger partial charge in [-0.15, -0.1) is 0 Å². The SMILES string of the molecule is Cn1nccc1NS(=O)(=O)OC=O. The minimum atomic E-state index is -4.06. The fourth-order valence-electron chi connectivity index (χ4n) is 0.678. The summed E-state index contributed by atoms with van der Waals surface area (Å²) in [7, 11) is -2.52. The predicted molar refractivity (Wildman–Crippen MR) is 42.9 cm³/mol. The average Bonchev–Trinajstić information content (AvgIpc) is 2.35. The molecule has 72 valence electrons. The molecule has 0 aliphatic carbocycles. The molecule has 0 aliphatic rings. The summed E-state index contributed by atoms with van der Waals surface area (Å²) in [6.45, 7) is -0.168. The van der Waals surface area contributed by atoms with Crippen LogP contribution >= 0.6 is 0 Å². The van der Waals surface area contributed by atoms with Crippen LogP contribution in [0.25, 0.3) is 0 Å². The van der Waals surface area contributed by atoms with Crippen molar-refractivity contribution < 1.29 is 17.4 Å². The molecular weight excluding hydrogens is 198 g/mol. The van der Waals surface area contributed by atoms with E-state index in [0.29, 0.717) is 0 Å². The first-order chi connectivity index (χ1) is 6.05. The number of aryl methyl sites for hydroxylation is 1. The second-order valence-electron chi connectivity index (χ2n) is 2.09. The van der Waals surface area contributed by atoms with E-state index in [-0.39, 0.29) is 12.3 Å². The van der Waals surface area contributed by atoms with E-state index in [2.05, 4.69) is 9.28 Å². The minimum absolute atomic E-state index is 0.168. The van der Waals surface area contributed by atoms with Gasteiger partial charge in [0.05, 0.1) is 6.20 Å². The summed E-state index contributed by atoms with van der Waals surface area (Å²) < 4.78 is 28.8. The Morgan fingerprint density at radius 2 is 2.38 bits per heavy atom. The third-order valence-electron chi connectivity index (χ3n) is 1.22. The summed E-state index contributed by atoms with van der Waals surface area (Å²) >= 11 is 0. The van der Waals surface area contributed by atoms with E-state index in [1.807, 2.05) is 4.72 Å². The Kier molecular flexibility index (Phi) is 2.52. The van der Waals surface area contributed by atoms with Gasteiger partial charge in [-0.2, -0.15) is 13.5 Å². The van der Waals surface area contributed by atoms with Crippen LogP contribution in [0.5, 0.6) is 0 Å². The van der Waals surface area contributed by atoms with E-state index < -0.39 is 10.3 Å². The van der Waals surface area contributed by atoms with Gasteiger partial charge in [0, 0.05) is 13.1 Å². The summed E-state index contributed by atoms with van der Waals surface area (Å²) in [6.07, 6.45) is 1.40. The molecule has 0 bridgehead atoms. The second-order valence-corrected chi connectivity index (χ2v) is 3.39. The number of hydrogen-bond donors (Lipinski definition) is 1. The fraction of sp³-hybridized carbons (Fsp3) is 0.200. The van der Waals surface area contributed by atoms with Crippen LogP contribution in [0.2, 0.25) is 0 Å². The zero-order valence-corrected chi connectivity index (χ0v) is 7.48. The van der Waals surface area contributed by atoms with Gasteiger partial charge >= 0.3 is 16.8 Å². The lowest BCUT2D eigenvalue weighted by Gasteiger charge is -2.03. The molecule has 0 radical (unpaired) electrons. The number of rotatable bonds is 4. The van der Waals surface area contributed by atoms with E-state index in [1.54, 1.807) is 7.05 Å². The van der Waals surface area contributed by atoms with Crippen LogP contribution < -0.4 is 4.72 Å². The van der Waals surface area contributed by atoms with Crippen LogP contribution in [-0.2, 0) is 26.3 Å². The van der Waals surface area contributed by atoms with Crippen molar-refractivity contribution in [2.45, 2.75) is 0 Å². The van der Waals surface area contributed by atoms with E-state index in [1.165, 1.54) is 16.9 Å². The highest BCUT2D eigenvalue weighted by Gasteiger charge is 2.12. The van der Waals surface area contributed by atoms with E-state index in [0.717, 1.165) is 0 Å². The van der Waals surface area contributed by atoms with Gasteiger partial charge in [0.25, 0.3) is 0 Å². The quantitative estimate of drug-likeness (QED) is 0.653. The van der Waals surface area contributed by atoms with Crippen LogP contribution in [0.15, 0.2) is 12.3 Å². The topological polar surface area (TPSA) is 90.3 Å². The highest BCUT2D eigenvalue weighted by molar-refractivity contribution is 7.88. The molecule has 7 nitrogen and oxygen atoms in total. The molecule has 0 aliphatic heterocycles. The molecule has 1 N–H and O–H groups in total. The summed E-state index contributed by atoms with van der Waals surface area (Å²) in [6, 6.07) is 1.42. The van der Waals surface area contributed by atoms with Crippen LogP contribution in [0, 0.1) is 0 Å². The molecule has 13 heavy (non-hydrogen) atoms. The Hall–Kier alpha value is -1.57. The van der Waals surface area contributed by atoms with E-state index >= 15 is 0 Å². The van der Waals surface area contributed by atoms with Gasteiger partial charge in [0.15, 0.2) is 0 Å². The molecule has 0 saturated heterocycles. The number of hydrogen-bond acceptors (Lipinski definition) is 5. The Bertz CT molecular complexity index is 396. The van der Waals surface area contributed by atoms with Gasteiger partial charge in [0.1, 0.15) is 5.82 Å². The standard InChI is InChI=1S/C5H7N3O4S/c1-8-5(2-3-6-8)7-13(10,11)12-4-9/h2-4,7H,1H3. The van der Waals surface area contributed by atoms with Gasteiger partial charge in [-0.1, -0.05) is 0 Å². The molecule has 1 rings (SSSR count). The molecule has 0 amide bonds. The first-order valence-corrected chi connectivity index (χ1v) is 4.58. The van der Waals surface area contributed by atoms with Gasteiger partial charge < -0.3 is 4.18 Å². The highest BCUT2D eigenvalue weighted by atomic mass is 32.2. The maximum absolute atomic E-state index is 10.8. The number of carbonyl (C=O) groups is 1. The molecule has 1 heterocycles. The Morgan fingerprint density at radius 1 is 1.69 bits per heavy atom. The number of carbonyl (C=O) groups excluding carboxylic acids is 1. The van der Waals surface area contributed by atoms with Crippen molar-refractivity contribution in [2.75, 3.05) is 4.72 Å². The van der Waals surface area contributed by atoms with Gasteiger partial charge in [-0.05, 0) is 0 Å². The fourth-order valence-corrected chi connectivity index (χ4v) is 1.29. The number of anilines is 1. The smallest absolute Gasteiger partial charge is 0.333 e. The van der Waals surface area contributed by atoms with Crippen molar-refractivity contribution in [3.63, 3.8) is 0 Å². The van der Waals surface area contributed by atoms with Crippen molar-refractivity contribution in [3.05, 3.63) is 12.3 Å². The third-order valence-corrected chi connectivity index (χ3v) is 2.01. The lowest BCUT2D eigenvalue weighted by Crippen LogP contribution is -2.17. The maximum atomic E-state index is 10.8. The molecule has 1 aromatic heterocycles. The average molecular weight is 205 g/mol. The molecule has 0 fully saturated rings. The lowest BCUT2D eigenvalue weighted by molar-refractivity contribution is -0.120. The van der Waals surface area contributed by atoms with Crippen molar-refractivity contribution in [2.24, 2.45) is 7.05 Å². The van der Waals surface area contributed by atoms with Crippen molar-refractivity contribution in [1.29, 1.82) is 0 Å². The molecule has 0 unspecified atom stereocenters. The normalized spacial score (nSPS) is 10.8. The van der Waals surface area contributed by atoms with Crippen LogP contribution in [0.4, 0.5) is 5.82 Å². The Balaban J connectivity index is 2.80. The number of nitrogens with zero attached hydrogens (tertiary/aromatic N) is 2. The number of nitrogens with one attached hydrogen (secondary N) is 1. The summed E-state index contributed by atoms with van der Waals surface area (Å²) in [4.78, 5) is 9.77. The second kappa shape index (κ2) is 3.44. The maximum Gasteiger partial charge on any atom is 0.410 e. The molecular formula is C5H7N3O4S. The van der Waals surface area contributed by atoms with Crippen LogP contribution in [0.1, 0.15) is 0 Å². The van der Waals surface area contributed by atoms with E-state index in [4.69, 9.17) is 0 Å². The summed E-state index contributed by atoms with van der Waals surface area (Å²) in [5.41, 5.74) is 0. The van der Waals surface area contributed by atoms with Gasteiger partial charge in [0.2, 0.25) is 0 Å². The minimum Gasteiger partial charge on any atom is -0.333 e. The van der Waals surface area contributed by atoms with Crippen LogP contribution in [0.3, 0.4) is 0 Å². The first kappa shape index (κ1) is 9.52. The molecule has 1 aromatic rings. The number of aromatic nitrogens is 2. The largest absolute Gasteiger partial charge is 0.410 e. The zero-order valence-electron chi connectivity index (χ0n) is 6.67. The molecule has 0 atom stereocenters. The Morgan fingerprint density at radius 3 is 2.85 bits per heavy atom. The predicted octanol–water partition coefficient (Wildman–Crippen LogP) is -0.750. The molecule has 0 spiro atoms. The first-order valence-electron chi connectivity index (χ1n) is 3.18. The third kappa shape index (κ3) is 2.44. The highest BCUT2D eigenvalue weighted by Crippen LogP contribution is 2.06. The monoisotopic (exact) mass is 205 g/mol. The zero-order chi connectivity index (χ0) is 9.90. The van der Waals surface area contributed by atoms with Crippen LogP contribution in [-0.4, -0.2) is 24.7 Å². The van der Waals surface area contributed by atoms with Crippen molar-refractivity contribution >= 4 is 22.6 Å². The molecule has 8 heteroatoms. The van der Waals surface area contributed by atoms with Crippen molar-refractivity contribution in [3.8, 4) is 0 Å². The summed E-state index contributed by atoms with van der Waals surface area (Å²) in [5, 5.41) is 3.71. The lowest BCUT2D eigenvalue weighted by atomic mass is 10.7. The molecule has 0 aromatic carbocycles. The molecule has 0 saturated carbocycles. The Labute approximate surface area is 74.6 Å². The van der Waals surface area contributed by atoms with Gasteiger partial charge in [-0.3, -0.25) is 9.48 Å². The van der Waals surface area contributed by atoms with Crippen molar-refractivity contribution in [1.82, 2.24) is 9.78 Å². The van der Waals surface area contributed by atoms with Gasteiger partial charge in [-0.25, -0.2) is 4.72 Å². The summed E-state index contributed by atoms with van der Waals surface area (Å²) in [5.74, 6) is 0.210.